The third-order valence-electron chi connectivity index (χ3n) is 6.21. The summed E-state index contributed by atoms with van der Waals surface area (Å²) in [6, 6.07) is 8.61. The Bertz CT molecular complexity index is 1040. The van der Waals surface area contributed by atoms with E-state index in [1.165, 1.54) is 17.0 Å². The molecule has 2 N–H and O–H groups in total. The van der Waals surface area contributed by atoms with E-state index in [-0.39, 0.29) is 18.2 Å². The van der Waals surface area contributed by atoms with Crippen molar-refractivity contribution in [1.82, 2.24) is 10.2 Å². The molecular formula is C26H30F2N2O5. The van der Waals surface area contributed by atoms with Gasteiger partial charge in [-0.2, -0.15) is 0 Å². The first-order chi connectivity index (χ1) is 16.6. The number of carbonyl (C=O) groups is 3. The van der Waals surface area contributed by atoms with Crippen LogP contribution in [-0.4, -0.2) is 48.1 Å². The van der Waals surface area contributed by atoms with E-state index in [0.29, 0.717) is 29.7 Å². The van der Waals surface area contributed by atoms with E-state index >= 15 is 0 Å². The summed E-state index contributed by atoms with van der Waals surface area (Å²) in [6.45, 7) is 0. The third kappa shape index (κ3) is 7.50. The third-order valence-corrected chi connectivity index (χ3v) is 6.21. The fourth-order valence-electron chi connectivity index (χ4n) is 4.43. The zero-order valence-corrected chi connectivity index (χ0v) is 19.8. The van der Waals surface area contributed by atoms with E-state index in [1.807, 2.05) is 0 Å². The molecule has 3 rings (SSSR count). The summed E-state index contributed by atoms with van der Waals surface area (Å²) >= 11 is 0. The summed E-state index contributed by atoms with van der Waals surface area (Å²) in [5, 5.41) is 12.4. The Kier molecular flexibility index (Phi) is 8.78. The summed E-state index contributed by atoms with van der Waals surface area (Å²) in [4.78, 5) is 37.9. The molecule has 1 fully saturated rings. The SMILES string of the molecule is CN(C)C(=O)Oc1ccc(CC(NC(=O)C2CCCCC2Cc2cc(F)cc(F)c2)C(=O)O)cc1. The zero-order valence-electron chi connectivity index (χ0n) is 19.8. The fourth-order valence-corrected chi connectivity index (χ4v) is 4.43. The predicted octanol–water partition coefficient (Wildman–Crippen LogP) is 4.19. The summed E-state index contributed by atoms with van der Waals surface area (Å²) in [5.74, 6) is -3.11. The van der Waals surface area contributed by atoms with E-state index in [0.717, 1.165) is 25.3 Å². The quantitative estimate of drug-likeness (QED) is 0.581. The molecule has 1 saturated carbocycles. The van der Waals surface area contributed by atoms with Crippen LogP contribution in [0, 0.1) is 23.5 Å². The molecule has 2 aromatic carbocycles. The average molecular weight is 489 g/mol. The van der Waals surface area contributed by atoms with Crippen LogP contribution in [0.15, 0.2) is 42.5 Å². The molecule has 0 bridgehead atoms. The highest BCUT2D eigenvalue weighted by Crippen LogP contribution is 2.33. The van der Waals surface area contributed by atoms with Crippen LogP contribution < -0.4 is 10.1 Å². The Morgan fingerprint density at radius 2 is 1.66 bits per heavy atom. The molecule has 0 spiro atoms. The lowest BCUT2D eigenvalue weighted by atomic mass is 9.75. The van der Waals surface area contributed by atoms with Gasteiger partial charge in [-0.25, -0.2) is 18.4 Å². The molecule has 0 aliphatic heterocycles. The highest BCUT2D eigenvalue weighted by Gasteiger charge is 2.33. The van der Waals surface area contributed by atoms with Crippen LogP contribution in [-0.2, 0) is 22.4 Å². The molecule has 0 heterocycles. The Hall–Kier alpha value is -3.49. The molecular weight excluding hydrogens is 458 g/mol. The second-order valence-electron chi connectivity index (χ2n) is 9.14. The maximum atomic E-state index is 13.6. The fraction of sp³-hybridized carbons (Fsp3) is 0.423. The highest BCUT2D eigenvalue weighted by molar-refractivity contribution is 5.85. The molecule has 188 valence electrons. The Morgan fingerprint density at radius 3 is 2.26 bits per heavy atom. The van der Waals surface area contributed by atoms with Gasteiger partial charge in [0.2, 0.25) is 5.91 Å². The smallest absolute Gasteiger partial charge is 0.414 e. The lowest BCUT2D eigenvalue weighted by Crippen LogP contribution is -2.47. The van der Waals surface area contributed by atoms with Gasteiger partial charge >= 0.3 is 12.1 Å². The van der Waals surface area contributed by atoms with Gasteiger partial charge in [0.25, 0.3) is 0 Å². The maximum absolute atomic E-state index is 13.6. The minimum Gasteiger partial charge on any atom is -0.480 e. The topological polar surface area (TPSA) is 95.9 Å². The summed E-state index contributed by atoms with van der Waals surface area (Å²) in [7, 11) is 3.12. The van der Waals surface area contributed by atoms with Gasteiger partial charge in [-0.05, 0) is 60.6 Å². The molecule has 0 radical (unpaired) electrons. The standard InChI is InChI=1S/C26H30F2N2O5/c1-30(2)26(34)35-21-9-7-16(8-10-21)14-23(25(32)33)29-24(31)22-6-4-3-5-18(22)11-17-12-19(27)15-20(28)13-17/h7-10,12-13,15,18,22-23H,3-6,11,14H2,1-2H3,(H,29,31)(H,32,33). The van der Waals surface area contributed by atoms with Crippen LogP contribution in [0.1, 0.15) is 36.8 Å². The van der Waals surface area contributed by atoms with E-state index in [1.54, 1.807) is 38.4 Å². The number of amides is 2. The second kappa shape index (κ2) is 11.8. The van der Waals surface area contributed by atoms with Crippen molar-refractivity contribution in [2.75, 3.05) is 14.1 Å². The molecule has 1 aliphatic rings. The number of carbonyl (C=O) groups excluding carboxylic acids is 2. The molecule has 35 heavy (non-hydrogen) atoms. The highest BCUT2D eigenvalue weighted by atomic mass is 19.1. The number of nitrogens with one attached hydrogen (secondary N) is 1. The van der Waals surface area contributed by atoms with Crippen LogP contribution in [0.4, 0.5) is 13.6 Å². The number of hydrogen-bond acceptors (Lipinski definition) is 4. The number of hydrogen-bond donors (Lipinski definition) is 2. The molecule has 1 aliphatic carbocycles. The lowest BCUT2D eigenvalue weighted by molar-refractivity contribution is -0.143. The minimum atomic E-state index is -1.17. The zero-order chi connectivity index (χ0) is 25.5. The van der Waals surface area contributed by atoms with Gasteiger partial charge in [0, 0.05) is 32.5 Å². The Morgan fingerprint density at radius 1 is 1.03 bits per heavy atom. The van der Waals surface area contributed by atoms with Crippen LogP contribution in [0.3, 0.4) is 0 Å². The van der Waals surface area contributed by atoms with Crippen molar-refractivity contribution in [1.29, 1.82) is 0 Å². The summed E-state index contributed by atoms with van der Waals surface area (Å²) in [5.41, 5.74) is 1.13. The molecule has 3 atom stereocenters. The number of ether oxygens (including phenoxy) is 1. The van der Waals surface area contributed by atoms with Crippen LogP contribution in [0.5, 0.6) is 5.75 Å². The monoisotopic (exact) mass is 488 g/mol. The van der Waals surface area contributed by atoms with Crippen molar-refractivity contribution >= 4 is 18.0 Å². The molecule has 2 amide bonds. The minimum absolute atomic E-state index is 0.0511. The van der Waals surface area contributed by atoms with E-state index < -0.39 is 35.7 Å². The van der Waals surface area contributed by atoms with Crippen molar-refractivity contribution < 1.29 is 33.0 Å². The maximum Gasteiger partial charge on any atom is 0.414 e. The summed E-state index contributed by atoms with van der Waals surface area (Å²) in [6.07, 6.45) is 2.91. The first kappa shape index (κ1) is 26.1. The van der Waals surface area contributed by atoms with Gasteiger partial charge < -0.3 is 20.1 Å². The molecule has 0 aromatic heterocycles. The summed E-state index contributed by atoms with van der Waals surface area (Å²) < 4.78 is 32.4. The molecule has 2 aromatic rings. The number of rotatable bonds is 8. The lowest BCUT2D eigenvalue weighted by Gasteiger charge is -2.31. The van der Waals surface area contributed by atoms with Crippen molar-refractivity contribution in [2.24, 2.45) is 11.8 Å². The predicted molar refractivity (Wildman–Crippen MR) is 125 cm³/mol. The van der Waals surface area contributed by atoms with Gasteiger partial charge in [0.1, 0.15) is 23.4 Å². The van der Waals surface area contributed by atoms with Gasteiger partial charge in [-0.3, -0.25) is 4.79 Å². The van der Waals surface area contributed by atoms with E-state index in [9.17, 15) is 28.3 Å². The van der Waals surface area contributed by atoms with Crippen molar-refractivity contribution in [2.45, 2.75) is 44.6 Å². The van der Waals surface area contributed by atoms with Crippen molar-refractivity contribution in [3.8, 4) is 5.75 Å². The number of benzene rings is 2. The first-order valence-electron chi connectivity index (χ1n) is 11.6. The van der Waals surface area contributed by atoms with Crippen LogP contribution in [0.2, 0.25) is 0 Å². The van der Waals surface area contributed by atoms with Gasteiger partial charge in [0.15, 0.2) is 0 Å². The number of carboxylic acid groups (broad SMARTS) is 1. The Labute approximate surface area is 203 Å². The largest absolute Gasteiger partial charge is 0.480 e. The molecule has 0 saturated heterocycles. The average Bonchev–Trinajstić information content (AvgIpc) is 2.79. The molecule has 9 heteroatoms. The van der Waals surface area contributed by atoms with E-state index in [4.69, 9.17) is 4.74 Å². The number of halogens is 2. The Balaban J connectivity index is 1.65. The van der Waals surface area contributed by atoms with E-state index in [2.05, 4.69) is 5.32 Å². The second-order valence-corrected chi connectivity index (χ2v) is 9.14. The van der Waals surface area contributed by atoms with Gasteiger partial charge in [-0.15, -0.1) is 0 Å². The molecule has 7 nitrogen and oxygen atoms in total. The van der Waals surface area contributed by atoms with Crippen molar-refractivity contribution in [3.63, 3.8) is 0 Å². The number of aliphatic carboxylic acids is 1. The normalized spacial score (nSPS) is 18.4. The van der Waals surface area contributed by atoms with Gasteiger partial charge in [-0.1, -0.05) is 25.0 Å². The van der Waals surface area contributed by atoms with Crippen LogP contribution >= 0.6 is 0 Å². The van der Waals surface area contributed by atoms with Gasteiger partial charge in [0.05, 0.1) is 0 Å². The number of carboxylic acids is 1. The van der Waals surface area contributed by atoms with Crippen molar-refractivity contribution in [3.05, 3.63) is 65.2 Å². The first-order valence-corrected chi connectivity index (χ1v) is 11.6. The van der Waals surface area contributed by atoms with Crippen LogP contribution in [0.25, 0.3) is 0 Å². The number of nitrogens with zero attached hydrogens (tertiary/aromatic N) is 1. The molecule has 3 unspecified atom stereocenters.